The third kappa shape index (κ3) is 4.34. The van der Waals surface area contributed by atoms with Crippen LogP contribution in [0, 0.1) is 5.92 Å². The summed E-state index contributed by atoms with van der Waals surface area (Å²) in [4.78, 5) is 12.1. The van der Waals surface area contributed by atoms with Gasteiger partial charge in [0.25, 0.3) is 0 Å². The van der Waals surface area contributed by atoms with Crippen LogP contribution in [0.3, 0.4) is 0 Å². The summed E-state index contributed by atoms with van der Waals surface area (Å²) in [5.41, 5.74) is 2.50. The molecule has 1 amide bonds. The van der Waals surface area contributed by atoms with E-state index in [1.165, 1.54) is 11.1 Å². The van der Waals surface area contributed by atoms with Crippen LogP contribution >= 0.6 is 0 Å². The Morgan fingerprint density at radius 3 is 2.55 bits per heavy atom. The van der Waals surface area contributed by atoms with Gasteiger partial charge in [0.2, 0.25) is 5.91 Å². The van der Waals surface area contributed by atoms with Gasteiger partial charge in [-0.15, -0.1) is 0 Å². The van der Waals surface area contributed by atoms with E-state index in [2.05, 4.69) is 36.5 Å². The van der Waals surface area contributed by atoms with E-state index in [4.69, 9.17) is 4.74 Å². The molecular formula is C17H25NO2. The number of rotatable bonds is 5. The molecule has 1 aliphatic rings. The van der Waals surface area contributed by atoms with Crippen LogP contribution in [-0.2, 0) is 16.0 Å². The minimum Gasteiger partial charge on any atom is -0.381 e. The lowest BCUT2D eigenvalue weighted by Gasteiger charge is -2.22. The third-order valence-electron chi connectivity index (χ3n) is 4.08. The quantitative estimate of drug-likeness (QED) is 0.896. The average Bonchev–Trinajstić information content (AvgIpc) is 2.48. The highest BCUT2D eigenvalue weighted by molar-refractivity contribution is 5.76. The fourth-order valence-corrected chi connectivity index (χ4v) is 2.64. The molecule has 1 N–H and O–H groups in total. The molecule has 2 rings (SSSR count). The number of hydrogen-bond donors (Lipinski definition) is 1. The van der Waals surface area contributed by atoms with Gasteiger partial charge in [0, 0.05) is 19.6 Å². The molecule has 110 valence electrons. The van der Waals surface area contributed by atoms with Crippen LogP contribution in [0.5, 0.6) is 0 Å². The molecule has 3 heteroatoms. The number of amides is 1. The minimum atomic E-state index is 0.0771. The van der Waals surface area contributed by atoms with E-state index in [1.54, 1.807) is 0 Å². The SMILES string of the molecule is CCc1ccc(C(C)NC(=O)CC2CCOCC2)cc1. The molecule has 1 aromatic rings. The molecule has 0 aromatic heterocycles. The summed E-state index contributed by atoms with van der Waals surface area (Å²) in [6, 6.07) is 8.57. The van der Waals surface area contributed by atoms with Crippen molar-refractivity contribution in [2.45, 2.75) is 45.6 Å². The van der Waals surface area contributed by atoms with Gasteiger partial charge in [-0.2, -0.15) is 0 Å². The number of carbonyl (C=O) groups excluding carboxylic acids is 1. The molecular weight excluding hydrogens is 250 g/mol. The van der Waals surface area contributed by atoms with Crippen molar-refractivity contribution < 1.29 is 9.53 Å². The molecule has 0 aliphatic carbocycles. The lowest BCUT2D eigenvalue weighted by molar-refractivity contribution is -0.123. The molecule has 1 saturated heterocycles. The fourth-order valence-electron chi connectivity index (χ4n) is 2.64. The molecule has 0 saturated carbocycles. The zero-order valence-corrected chi connectivity index (χ0v) is 12.5. The maximum absolute atomic E-state index is 12.1. The zero-order valence-electron chi connectivity index (χ0n) is 12.5. The highest BCUT2D eigenvalue weighted by Crippen LogP contribution is 2.19. The van der Waals surface area contributed by atoms with Crippen molar-refractivity contribution in [2.75, 3.05) is 13.2 Å². The smallest absolute Gasteiger partial charge is 0.220 e. The molecule has 1 unspecified atom stereocenters. The predicted octanol–water partition coefficient (Wildman–Crippen LogP) is 3.24. The van der Waals surface area contributed by atoms with Gasteiger partial charge in [-0.3, -0.25) is 4.79 Å². The second-order valence-electron chi connectivity index (χ2n) is 5.64. The summed E-state index contributed by atoms with van der Waals surface area (Å²) in [5.74, 6) is 0.641. The van der Waals surface area contributed by atoms with Gasteiger partial charge in [0.1, 0.15) is 0 Å². The van der Waals surface area contributed by atoms with Crippen molar-refractivity contribution in [2.24, 2.45) is 5.92 Å². The Morgan fingerprint density at radius 2 is 1.95 bits per heavy atom. The Balaban J connectivity index is 1.82. The van der Waals surface area contributed by atoms with Crippen molar-refractivity contribution in [3.8, 4) is 0 Å². The topological polar surface area (TPSA) is 38.3 Å². The summed E-state index contributed by atoms with van der Waals surface area (Å²) in [6.07, 6.45) is 3.69. The van der Waals surface area contributed by atoms with E-state index in [0.29, 0.717) is 12.3 Å². The van der Waals surface area contributed by atoms with Crippen molar-refractivity contribution in [1.29, 1.82) is 0 Å². The predicted molar refractivity (Wildman–Crippen MR) is 80.5 cm³/mol. The Kier molecular flexibility index (Phi) is 5.60. The zero-order chi connectivity index (χ0) is 14.4. The number of aryl methyl sites for hydroxylation is 1. The molecule has 3 nitrogen and oxygen atoms in total. The normalized spacial score (nSPS) is 17.7. The first-order valence-corrected chi connectivity index (χ1v) is 7.65. The molecule has 0 spiro atoms. The number of hydrogen-bond acceptors (Lipinski definition) is 2. The summed E-state index contributed by atoms with van der Waals surface area (Å²) in [6.45, 7) is 5.79. The van der Waals surface area contributed by atoms with Crippen LogP contribution in [0.1, 0.15) is 50.3 Å². The van der Waals surface area contributed by atoms with Crippen LogP contribution in [0.4, 0.5) is 0 Å². The summed E-state index contributed by atoms with van der Waals surface area (Å²) in [5, 5.41) is 3.10. The van der Waals surface area contributed by atoms with E-state index in [1.807, 2.05) is 6.92 Å². The van der Waals surface area contributed by atoms with Crippen molar-refractivity contribution in [1.82, 2.24) is 5.32 Å². The summed E-state index contributed by atoms with van der Waals surface area (Å²) in [7, 11) is 0. The molecule has 20 heavy (non-hydrogen) atoms. The van der Waals surface area contributed by atoms with Gasteiger partial charge in [0.15, 0.2) is 0 Å². The van der Waals surface area contributed by atoms with E-state index >= 15 is 0 Å². The second-order valence-corrected chi connectivity index (χ2v) is 5.64. The number of carbonyl (C=O) groups is 1. The van der Waals surface area contributed by atoms with Gasteiger partial charge in [0.05, 0.1) is 6.04 Å². The van der Waals surface area contributed by atoms with Gasteiger partial charge < -0.3 is 10.1 Å². The van der Waals surface area contributed by atoms with Crippen LogP contribution in [-0.4, -0.2) is 19.1 Å². The third-order valence-corrected chi connectivity index (χ3v) is 4.08. The molecule has 0 radical (unpaired) electrons. The maximum atomic E-state index is 12.1. The van der Waals surface area contributed by atoms with Gasteiger partial charge in [-0.25, -0.2) is 0 Å². The Morgan fingerprint density at radius 1 is 1.30 bits per heavy atom. The number of ether oxygens (including phenoxy) is 1. The molecule has 0 bridgehead atoms. The minimum absolute atomic E-state index is 0.0771. The van der Waals surface area contributed by atoms with Crippen molar-refractivity contribution in [3.05, 3.63) is 35.4 Å². The molecule has 1 aliphatic heterocycles. The van der Waals surface area contributed by atoms with Crippen LogP contribution in [0.2, 0.25) is 0 Å². The molecule has 1 heterocycles. The first kappa shape index (κ1) is 15.0. The van der Waals surface area contributed by atoms with Gasteiger partial charge in [-0.05, 0) is 43.2 Å². The number of benzene rings is 1. The van der Waals surface area contributed by atoms with Crippen LogP contribution in [0.25, 0.3) is 0 Å². The molecule has 1 fully saturated rings. The Labute approximate surface area is 121 Å². The highest BCUT2D eigenvalue weighted by Gasteiger charge is 2.18. The Hall–Kier alpha value is -1.35. The lowest BCUT2D eigenvalue weighted by atomic mass is 9.96. The number of nitrogens with one attached hydrogen (secondary N) is 1. The summed E-state index contributed by atoms with van der Waals surface area (Å²) >= 11 is 0. The van der Waals surface area contributed by atoms with Crippen molar-refractivity contribution in [3.63, 3.8) is 0 Å². The molecule has 1 atom stereocenters. The monoisotopic (exact) mass is 275 g/mol. The van der Waals surface area contributed by atoms with E-state index in [0.717, 1.165) is 32.5 Å². The fraction of sp³-hybridized carbons (Fsp3) is 0.588. The Bertz CT molecular complexity index is 421. The van der Waals surface area contributed by atoms with Crippen LogP contribution < -0.4 is 5.32 Å². The average molecular weight is 275 g/mol. The lowest BCUT2D eigenvalue weighted by Crippen LogP contribution is -2.30. The maximum Gasteiger partial charge on any atom is 0.220 e. The van der Waals surface area contributed by atoms with Crippen molar-refractivity contribution >= 4 is 5.91 Å². The first-order valence-electron chi connectivity index (χ1n) is 7.65. The largest absolute Gasteiger partial charge is 0.381 e. The van der Waals surface area contributed by atoms with E-state index in [-0.39, 0.29) is 11.9 Å². The second kappa shape index (κ2) is 7.44. The van der Waals surface area contributed by atoms with E-state index < -0.39 is 0 Å². The van der Waals surface area contributed by atoms with Crippen LogP contribution in [0.15, 0.2) is 24.3 Å². The summed E-state index contributed by atoms with van der Waals surface area (Å²) < 4.78 is 5.32. The first-order chi connectivity index (χ1) is 9.69. The standard InChI is InChI=1S/C17H25NO2/c1-3-14-4-6-16(7-5-14)13(2)18-17(19)12-15-8-10-20-11-9-15/h4-7,13,15H,3,8-12H2,1-2H3,(H,18,19). The molecule has 1 aromatic carbocycles. The van der Waals surface area contributed by atoms with E-state index in [9.17, 15) is 4.79 Å². The highest BCUT2D eigenvalue weighted by atomic mass is 16.5. The van der Waals surface area contributed by atoms with Gasteiger partial charge in [-0.1, -0.05) is 31.2 Å². The van der Waals surface area contributed by atoms with Gasteiger partial charge >= 0.3 is 0 Å².